The standard InChI is InChI=1S/C15H23NO/c1-5-12(2)15-8-6-14(7-9-15)11-16(4)10-13(3)17/h6-9,12H,5,10-11H2,1-4H3. The van der Waals surface area contributed by atoms with Gasteiger partial charge in [-0.15, -0.1) is 0 Å². The van der Waals surface area contributed by atoms with Crippen molar-refractivity contribution in [3.05, 3.63) is 35.4 Å². The van der Waals surface area contributed by atoms with E-state index in [4.69, 9.17) is 0 Å². The molecule has 1 unspecified atom stereocenters. The zero-order chi connectivity index (χ0) is 12.8. The third kappa shape index (κ3) is 4.70. The summed E-state index contributed by atoms with van der Waals surface area (Å²) in [6.07, 6.45) is 1.17. The van der Waals surface area contributed by atoms with Crippen molar-refractivity contribution in [1.29, 1.82) is 0 Å². The van der Waals surface area contributed by atoms with Gasteiger partial charge in [0, 0.05) is 6.54 Å². The van der Waals surface area contributed by atoms with Gasteiger partial charge in [0.2, 0.25) is 0 Å². The average molecular weight is 233 g/mol. The lowest BCUT2D eigenvalue weighted by atomic mass is 9.97. The van der Waals surface area contributed by atoms with Crippen LogP contribution >= 0.6 is 0 Å². The first kappa shape index (κ1) is 13.9. The van der Waals surface area contributed by atoms with E-state index in [0.29, 0.717) is 12.5 Å². The number of rotatable bonds is 6. The van der Waals surface area contributed by atoms with Crippen LogP contribution in [0.3, 0.4) is 0 Å². The highest BCUT2D eigenvalue weighted by molar-refractivity contribution is 5.77. The number of nitrogens with zero attached hydrogens (tertiary/aromatic N) is 1. The SMILES string of the molecule is CCC(C)c1ccc(CN(C)CC(C)=O)cc1. The van der Waals surface area contributed by atoms with E-state index < -0.39 is 0 Å². The van der Waals surface area contributed by atoms with Crippen LogP contribution in [-0.4, -0.2) is 24.3 Å². The van der Waals surface area contributed by atoms with E-state index in [9.17, 15) is 4.79 Å². The maximum Gasteiger partial charge on any atom is 0.143 e. The normalized spacial score (nSPS) is 12.8. The van der Waals surface area contributed by atoms with Crippen molar-refractivity contribution in [1.82, 2.24) is 4.90 Å². The molecule has 94 valence electrons. The summed E-state index contributed by atoms with van der Waals surface area (Å²) in [4.78, 5) is 13.0. The predicted molar refractivity (Wildman–Crippen MR) is 72.2 cm³/mol. The summed E-state index contributed by atoms with van der Waals surface area (Å²) < 4.78 is 0. The van der Waals surface area contributed by atoms with E-state index in [1.807, 2.05) is 11.9 Å². The van der Waals surface area contributed by atoms with Crippen LogP contribution in [0.1, 0.15) is 44.2 Å². The second kappa shape index (κ2) is 6.55. The number of carbonyl (C=O) groups excluding carboxylic acids is 1. The number of benzene rings is 1. The number of likely N-dealkylation sites (N-methyl/N-ethyl adjacent to an activating group) is 1. The summed E-state index contributed by atoms with van der Waals surface area (Å²) in [5, 5.41) is 0. The van der Waals surface area contributed by atoms with Crippen molar-refractivity contribution in [2.24, 2.45) is 0 Å². The van der Waals surface area contributed by atoms with Crippen molar-refractivity contribution < 1.29 is 4.79 Å². The quantitative estimate of drug-likeness (QED) is 0.752. The Kier molecular flexibility index (Phi) is 5.36. The van der Waals surface area contributed by atoms with Gasteiger partial charge >= 0.3 is 0 Å². The van der Waals surface area contributed by atoms with Gasteiger partial charge in [-0.05, 0) is 37.4 Å². The first-order valence-corrected chi connectivity index (χ1v) is 6.29. The van der Waals surface area contributed by atoms with Crippen LogP contribution in [0.25, 0.3) is 0 Å². The molecule has 0 aliphatic heterocycles. The topological polar surface area (TPSA) is 20.3 Å². The van der Waals surface area contributed by atoms with Crippen LogP contribution in [0.2, 0.25) is 0 Å². The number of hydrogen-bond donors (Lipinski definition) is 0. The highest BCUT2D eigenvalue weighted by Gasteiger charge is 2.05. The summed E-state index contributed by atoms with van der Waals surface area (Å²) in [7, 11) is 1.98. The molecule has 0 saturated carbocycles. The van der Waals surface area contributed by atoms with E-state index in [2.05, 4.69) is 38.1 Å². The van der Waals surface area contributed by atoms with Crippen LogP contribution in [0.5, 0.6) is 0 Å². The number of hydrogen-bond acceptors (Lipinski definition) is 2. The first-order valence-electron chi connectivity index (χ1n) is 6.29. The van der Waals surface area contributed by atoms with Crippen molar-refractivity contribution in [3.8, 4) is 0 Å². The Labute approximate surface area is 105 Å². The van der Waals surface area contributed by atoms with Crippen molar-refractivity contribution in [2.45, 2.75) is 39.7 Å². The molecule has 0 spiro atoms. The molecule has 0 aliphatic rings. The van der Waals surface area contributed by atoms with E-state index >= 15 is 0 Å². The Balaban J connectivity index is 2.59. The van der Waals surface area contributed by atoms with E-state index in [0.717, 1.165) is 6.54 Å². The molecule has 0 aromatic heterocycles. The van der Waals surface area contributed by atoms with Crippen LogP contribution in [0, 0.1) is 0 Å². The molecule has 2 nitrogen and oxygen atoms in total. The Morgan fingerprint density at radius 3 is 2.35 bits per heavy atom. The molecule has 1 rings (SSSR count). The van der Waals surface area contributed by atoms with E-state index in [1.165, 1.54) is 17.5 Å². The van der Waals surface area contributed by atoms with Gasteiger partial charge in [-0.2, -0.15) is 0 Å². The van der Waals surface area contributed by atoms with E-state index in [1.54, 1.807) is 6.92 Å². The highest BCUT2D eigenvalue weighted by Crippen LogP contribution is 2.19. The van der Waals surface area contributed by atoms with Crippen LogP contribution in [0.15, 0.2) is 24.3 Å². The molecule has 0 aliphatic carbocycles. The maximum absolute atomic E-state index is 11.0. The molecule has 0 bridgehead atoms. The van der Waals surface area contributed by atoms with Gasteiger partial charge in [-0.1, -0.05) is 38.1 Å². The lowest BCUT2D eigenvalue weighted by Crippen LogP contribution is -2.23. The lowest BCUT2D eigenvalue weighted by Gasteiger charge is -2.15. The Morgan fingerprint density at radius 1 is 1.29 bits per heavy atom. The fourth-order valence-corrected chi connectivity index (χ4v) is 1.93. The average Bonchev–Trinajstić information content (AvgIpc) is 2.28. The summed E-state index contributed by atoms with van der Waals surface area (Å²) >= 11 is 0. The Bertz CT molecular complexity index is 356. The summed E-state index contributed by atoms with van der Waals surface area (Å²) in [6.45, 7) is 7.44. The molecule has 0 fully saturated rings. The van der Waals surface area contributed by atoms with Gasteiger partial charge in [0.1, 0.15) is 5.78 Å². The number of carbonyl (C=O) groups is 1. The Hall–Kier alpha value is -1.15. The third-order valence-electron chi connectivity index (χ3n) is 3.11. The molecule has 2 heteroatoms. The minimum Gasteiger partial charge on any atom is -0.299 e. The molecule has 1 aromatic carbocycles. The molecule has 17 heavy (non-hydrogen) atoms. The zero-order valence-corrected chi connectivity index (χ0v) is 11.4. The zero-order valence-electron chi connectivity index (χ0n) is 11.4. The van der Waals surface area contributed by atoms with Crippen molar-refractivity contribution in [2.75, 3.05) is 13.6 Å². The maximum atomic E-state index is 11.0. The molecular formula is C15H23NO. The second-order valence-corrected chi connectivity index (χ2v) is 4.93. The van der Waals surface area contributed by atoms with Crippen LogP contribution in [-0.2, 0) is 11.3 Å². The van der Waals surface area contributed by atoms with Gasteiger partial charge in [-0.3, -0.25) is 9.69 Å². The van der Waals surface area contributed by atoms with Gasteiger partial charge in [0.25, 0.3) is 0 Å². The Morgan fingerprint density at radius 2 is 1.88 bits per heavy atom. The van der Waals surface area contributed by atoms with Gasteiger partial charge < -0.3 is 0 Å². The van der Waals surface area contributed by atoms with Crippen molar-refractivity contribution >= 4 is 5.78 Å². The molecule has 0 amide bonds. The molecule has 0 saturated heterocycles. The highest BCUT2D eigenvalue weighted by atomic mass is 16.1. The smallest absolute Gasteiger partial charge is 0.143 e. The first-order chi connectivity index (χ1) is 8.02. The summed E-state index contributed by atoms with van der Waals surface area (Å²) in [5.74, 6) is 0.836. The molecular weight excluding hydrogens is 210 g/mol. The minimum absolute atomic E-state index is 0.212. The van der Waals surface area contributed by atoms with Gasteiger partial charge in [0.05, 0.1) is 6.54 Å². The van der Waals surface area contributed by atoms with Crippen molar-refractivity contribution in [3.63, 3.8) is 0 Å². The second-order valence-electron chi connectivity index (χ2n) is 4.93. The molecule has 1 aromatic rings. The van der Waals surface area contributed by atoms with Crippen LogP contribution < -0.4 is 0 Å². The fourth-order valence-electron chi connectivity index (χ4n) is 1.93. The predicted octanol–water partition coefficient (Wildman–Crippen LogP) is 3.22. The largest absolute Gasteiger partial charge is 0.299 e. The minimum atomic E-state index is 0.212. The van der Waals surface area contributed by atoms with Gasteiger partial charge in [0.15, 0.2) is 0 Å². The molecule has 0 radical (unpaired) electrons. The third-order valence-corrected chi connectivity index (χ3v) is 3.11. The summed E-state index contributed by atoms with van der Waals surface area (Å²) in [6, 6.07) is 8.73. The molecule has 1 atom stereocenters. The number of Topliss-reactive ketones (excluding diaryl/α,β-unsaturated/α-hetero) is 1. The fraction of sp³-hybridized carbons (Fsp3) is 0.533. The lowest BCUT2D eigenvalue weighted by molar-refractivity contribution is -0.117. The van der Waals surface area contributed by atoms with Crippen LogP contribution in [0.4, 0.5) is 0 Å². The van der Waals surface area contributed by atoms with Gasteiger partial charge in [-0.25, -0.2) is 0 Å². The van der Waals surface area contributed by atoms with E-state index in [-0.39, 0.29) is 5.78 Å². The number of ketones is 1. The summed E-state index contributed by atoms with van der Waals surface area (Å²) in [5.41, 5.74) is 2.66. The molecule has 0 heterocycles. The monoisotopic (exact) mass is 233 g/mol. The molecule has 0 N–H and O–H groups in total.